The Morgan fingerprint density at radius 2 is 1.62 bits per heavy atom. The number of fused-ring (bicyclic) bond motifs is 1. The summed E-state index contributed by atoms with van der Waals surface area (Å²) in [7, 11) is 0. The van der Waals surface area contributed by atoms with Crippen molar-refractivity contribution in [1.29, 1.82) is 0 Å². The topological polar surface area (TPSA) is 40.5 Å². The van der Waals surface area contributed by atoms with Gasteiger partial charge in [-0.2, -0.15) is 0 Å². The maximum absolute atomic E-state index is 13.4. The molecule has 3 heteroatoms. The van der Waals surface area contributed by atoms with Gasteiger partial charge in [-0.15, -0.1) is 0 Å². The number of aliphatic hydroxyl groups excluding tert-OH is 1. The highest BCUT2D eigenvalue weighted by Gasteiger charge is 2.48. The third kappa shape index (κ3) is 2.44. The zero-order valence-electron chi connectivity index (χ0n) is 14.9. The van der Waals surface area contributed by atoms with E-state index in [-0.39, 0.29) is 12.4 Å². The van der Waals surface area contributed by atoms with Gasteiger partial charge in [0.2, 0.25) is 0 Å². The molecule has 2 aromatic rings. The number of carbonyl (C=O) groups excluding carboxylic acids is 1. The highest BCUT2D eigenvalue weighted by Crippen LogP contribution is 2.46. The van der Waals surface area contributed by atoms with Gasteiger partial charge in [0, 0.05) is 6.20 Å². The van der Waals surface area contributed by atoms with E-state index in [2.05, 4.69) is 36.1 Å². The van der Waals surface area contributed by atoms with E-state index in [1.54, 1.807) is 0 Å². The molecule has 0 aromatic heterocycles. The van der Waals surface area contributed by atoms with Crippen molar-refractivity contribution in [3.63, 3.8) is 0 Å². The van der Waals surface area contributed by atoms with Crippen LogP contribution in [0.2, 0.25) is 0 Å². The van der Waals surface area contributed by atoms with Crippen molar-refractivity contribution in [2.45, 2.75) is 26.0 Å². The van der Waals surface area contributed by atoms with Crippen molar-refractivity contribution in [1.82, 2.24) is 4.90 Å². The van der Waals surface area contributed by atoms with Crippen LogP contribution in [0.5, 0.6) is 0 Å². The summed E-state index contributed by atoms with van der Waals surface area (Å²) in [5.41, 5.74) is 4.85. The third-order valence-corrected chi connectivity index (χ3v) is 5.18. The molecular formula is C23H21NO2. The van der Waals surface area contributed by atoms with Crippen molar-refractivity contribution in [2.75, 3.05) is 0 Å². The summed E-state index contributed by atoms with van der Waals surface area (Å²) >= 11 is 0. The maximum Gasteiger partial charge on any atom is 0.195 e. The lowest BCUT2D eigenvalue weighted by molar-refractivity contribution is -0.118. The van der Waals surface area contributed by atoms with Gasteiger partial charge in [0.25, 0.3) is 0 Å². The van der Waals surface area contributed by atoms with Crippen LogP contribution in [0.4, 0.5) is 0 Å². The number of carbonyl (C=O) groups is 1. The molecule has 2 heterocycles. The molecule has 2 aliphatic rings. The molecule has 3 nitrogen and oxygen atoms in total. The number of aliphatic hydroxyl groups is 1. The maximum atomic E-state index is 13.4. The van der Waals surface area contributed by atoms with Crippen molar-refractivity contribution in [2.24, 2.45) is 0 Å². The first-order valence-corrected chi connectivity index (χ1v) is 8.76. The minimum atomic E-state index is -0.708. The Labute approximate surface area is 153 Å². The van der Waals surface area contributed by atoms with Crippen LogP contribution in [0, 0.1) is 6.92 Å². The average molecular weight is 343 g/mol. The van der Waals surface area contributed by atoms with Gasteiger partial charge in [0.05, 0.1) is 17.9 Å². The molecular weight excluding hydrogens is 322 g/mol. The Morgan fingerprint density at radius 3 is 2.27 bits per heavy atom. The first-order chi connectivity index (χ1) is 12.5. The van der Waals surface area contributed by atoms with E-state index in [0.717, 1.165) is 28.0 Å². The highest BCUT2D eigenvalue weighted by molar-refractivity contribution is 6.35. The fourth-order valence-electron chi connectivity index (χ4n) is 3.63. The number of rotatable bonds is 3. The van der Waals surface area contributed by atoms with Gasteiger partial charge in [-0.25, -0.2) is 0 Å². The quantitative estimate of drug-likeness (QED) is 0.913. The summed E-state index contributed by atoms with van der Waals surface area (Å²) in [6, 6.07) is 15.8. The molecule has 0 aliphatic carbocycles. The minimum absolute atomic E-state index is 0.00654. The predicted molar refractivity (Wildman–Crippen MR) is 104 cm³/mol. The van der Waals surface area contributed by atoms with Gasteiger partial charge >= 0.3 is 0 Å². The number of ketones is 1. The summed E-state index contributed by atoms with van der Waals surface area (Å²) in [5.74, 6) is 0.0884. The van der Waals surface area contributed by atoms with Crippen molar-refractivity contribution in [3.8, 4) is 0 Å². The van der Waals surface area contributed by atoms with E-state index in [0.29, 0.717) is 0 Å². The standard InChI is InChI=1S/C23H21NO2/c1-16-5-9-19(10-6-16)21-20(18-11-7-17(15-25)8-12-18)22(26)23(2)13-3-4-14-24(21)23/h3-14,25H,15H2,1-2H3. The first-order valence-electron chi connectivity index (χ1n) is 8.76. The molecule has 0 amide bonds. The largest absolute Gasteiger partial charge is 0.392 e. The zero-order chi connectivity index (χ0) is 18.3. The normalized spacial score (nSPS) is 21.5. The van der Waals surface area contributed by atoms with Crippen LogP contribution in [-0.4, -0.2) is 21.3 Å². The lowest BCUT2D eigenvalue weighted by atomic mass is 9.89. The van der Waals surface area contributed by atoms with E-state index in [1.165, 1.54) is 5.56 Å². The van der Waals surface area contributed by atoms with E-state index in [9.17, 15) is 9.90 Å². The highest BCUT2D eigenvalue weighted by atomic mass is 16.3. The molecule has 0 fully saturated rings. The Kier molecular flexibility index (Phi) is 3.89. The molecule has 1 atom stereocenters. The van der Waals surface area contributed by atoms with Crippen molar-refractivity contribution in [3.05, 3.63) is 95.2 Å². The van der Waals surface area contributed by atoms with Crippen LogP contribution in [0.1, 0.15) is 29.2 Å². The molecule has 0 spiro atoms. The number of aryl methyl sites for hydroxylation is 1. The Hall–Kier alpha value is -2.91. The lowest BCUT2D eigenvalue weighted by Crippen LogP contribution is -2.43. The van der Waals surface area contributed by atoms with Gasteiger partial charge in [-0.1, -0.05) is 66.2 Å². The fraction of sp³-hybridized carbons (Fsp3) is 0.174. The van der Waals surface area contributed by atoms with Gasteiger partial charge in [0.1, 0.15) is 5.54 Å². The second-order valence-corrected chi connectivity index (χ2v) is 6.99. The van der Waals surface area contributed by atoms with Crippen LogP contribution in [0.3, 0.4) is 0 Å². The van der Waals surface area contributed by atoms with Crippen LogP contribution >= 0.6 is 0 Å². The van der Waals surface area contributed by atoms with E-state index < -0.39 is 5.54 Å². The molecule has 26 heavy (non-hydrogen) atoms. The van der Waals surface area contributed by atoms with Crippen molar-refractivity contribution < 1.29 is 9.90 Å². The van der Waals surface area contributed by atoms with Crippen molar-refractivity contribution >= 4 is 17.1 Å². The number of hydrogen-bond acceptors (Lipinski definition) is 3. The molecule has 0 bridgehead atoms. The van der Waals surface area contributed by atoms with Gasteiger partial charge in [-0.3, -0.25) is 4.79 Å². The number of hydrogen-bond donors (Lipinski definition) is 1. The molecule has 130 valence electrons. The van der Waals surface area contributed by atoms with Gasteiger partial charge in [0.15, 0.2) is 5.78 Å². The smallest absolute Gasteiger partial charge is 0.195 e. The fourth-order valence-corrected chi connectivity index (χ4v) is 3.63. The summed E-state index contributed by atoms with van der Waals surface area (Å²) in [5, 5.41) is 9.31. The summed E-state index contributed by atoms with van der Waals surface area (Å²) < 4.78 is 0. The van der Waals surface area contributed by atoms with E-state index >= 15 is 0 Å². The SMILES string of the molecule is Cc1ccc(C2=C(c3ccc(CO)cc3)C(=O)C3(C)C=CC=CN23)cc1. The third-order valence-electron chi connectivity index (χ3n) is 5.18. The predicted octanol–water partition coefficient (Wildman–Crippen LogP) is 4.08. The summed E-state index contributed by atoms with van der Waals surface area (Å²) in [6.45, 7) is 4.01. The second-order valence-electron chi connectivity index (χ2n) is 6.99. The van der Waals surface area contributed by atoms with Crippen LogP contribution in [0.15, 0.2) is 73.0 Å². The molecule has 1 N–H and O–H groups in total. The molecule has 0 radical (unpaired) electrons. The summed E-state index contributed by atoms with van der Waals surface area (Å²) in [4.78, 5) is 15.5. The Bertz CT molecular complexity index is 949. The van der Waals surface area contributed by atoms with Crippen LogP contribution < -0.4 is 0 Å². The Morgan fingerprint density at radius 1 is 0.962 bits per heavy atom. The number of Topliss-reactive ketones (excluding diaryl/α,β-unsaturated/α-hetero) is 1. The van der Waals surface area contributed by atoms with Crippen LogP contribution in [-0.2, 0) is 11.4 Å². The number of nitrogens with zero attached hydrogens (tertiary/aromatic N) is 1. The van der Waals surface area contributed by atoms with E-state index in [1.807, 2.05) is 55.6 Å². The molecule has 4 rings (SSSR count). The minimum Gasteiger partial charge on any atom is -0.392 e. The lowest BCUT2D eigenvalue weighted by Gasteiger charge is -2.34. The monoisotopic (exact) mass is 343 g/mol. The number of benzene rings is 2. The van der Waals surface area contributed by atoms with Crippen LogP contribution in [0.25, 0.3) is 11.3 Å². The molecule has 1 unspecified atom stereocenters. The zero-order valence-corrected chi connectivity index (χ0v) is 14.9. The summed E-state index contributed by atoms with van der Waals surface area (Å²) in [6.07, 6.45) is 7.82. The van der Waals surface area contributed by atoms with Gasteiger partial charge in [-0.05, 0) is 36.6 Å². The first kappa shape index (κ1) is 16.6. The molecule has 2 aliphatic heterocycles. The molecule has 0 saturated heterocycles. The molecule has 2 aromatic carbocycles. The molecule has 0 saturated carbocycles. The Balaban J connectivity index is 1.95. The number of allylic oxidation sites excluding steroid dienone is 2. The van der Waals surface area contributed by atoms with E-state index in [4.69, 9.17) is 0 Å². The second kappa shape index (κ2) is 6.11. The van der Waals surface area contributed by atoms with Gasteiger partial charge < -0.3 is 10.0 Å². The average Bonchev–Trinajstić information content (AvgIpc) is 2.90.